The predicted octanol–water partition coefficient (Wildman–Crippen LogP) is 4.06. The van der Waals surface area contributed by atoms with Crippen LogP contribution in [-0.4, -0.2) is 25.4 Å². The molecule has 152 valence electrons. The quantitative estimate of drug-likeness (QED) is 0.502. The van der Waals surface area contributed by atoms with Crippen LogP contribution < -0.4 is 5.56 Å². The Labute approximate surface area is 180 Å². The van der Waals surface area contributed by atoms with E-state index in [0.717, 1.165) is 46.9 Å². The number of halogens is 1. The van der Waals surface area contributed by atoms with Crippen molar-refractivity contribution in [3.05, 3.63) is 104 Å². The standard InChI is InChI=1S/C24H23ClN4O/c1-17-5-7-18(8-6-17)15-29-23(30)21-16-27(14-19-3-2-4-20(25)13-19)11-9-22(21)28-12-10-26-24(28)29/h2-8,10,12-13H,9,11,14-16H2,1H3. The number of rotatable bonds is 4. The summed E-state index contributed by atoms with van der Waals surface area (Å²) in [6.07, 6.45) is 4.56. The first-order valence-corrected chi connectivity index (χ1v) is 10.6. The lowest BCUT2D eigenvalue weighted by molar-refractivity contribution is 0.240. The Morgan fingerprint density at radius 1 is 1.07 bits per heavy atom. The molecule has 0 saturated carbocycles. The van der Waals surface area contributed by atoms with Crippen LogP contribution in [0, 0.1) is 6.92 Å². The third kappa shape index (κ3) is 3.55. The Morgan fingerprint density at radius 3 is 2.70 bits per heavy atom. The topological polar surface area (TPSA) is 42.5 Å². The van der Waals surface area contributed by atoms with E-state index in [9.17, 15) is 4.79 Å². The number of hydrogen-bond acceptors (Lipinski definition) is 3. The van der Waals surface area contributed by atoms with E-state index in [1.807, 2.05) is 24.4 Å². The van der Waals surface area contributed by atoms with Crippen LogP contribution in [0.25, 0.3) is 5.78 Å². The molecule has 5 rings (SSSR count). The van der Waals surface area contributed by atoms with Gasteiger partial charge in [-0.2, -0.15) is 0 Å². The predicted molar refractivity (Wildman–Crippen MR) is 119 cm³/mol. The molecule has 5 nitrogen and oxygen atoms in total. The lowest BCUT2D eigenvalue weighted by atomic mass is 10.1. The highest BCUT2D eigenvalue weighted by atomic mass is 35.5. The highest BCUT2D eigenvalue weighted by molar-refractivity contribution is 6.30. The van der Waals surface area contributed by atoms with Gasteiger partial charge in [0.15, 0.2) is 0 Å². The maximum absolute atomic E-state index is 13.5. The molecule has 0 radical (unpaired) electrons. The van der Waals surface area contributed by atoms with Crippen molar-refractivity contribution < 1.29 is 0 Å². The molecule has 0 atom stereocenters. The Kier molecular flexibility index (Phi) is 4.93. The van der Waals surface area contributed by atoms with Gasteiger partial charge in [0.25, 0.3) is 5.56 Å². The smallest absolute Gasteiger partial charge is 0.259 e. The maximum atomic E-state index is 13.5. The average Bonchev–Trinajstić information content (AvgIpc) is 3.22. The van der Waals surface area contributed by atoms with Gasteiger partial charge in [0.1, 0.15) is 0 Å². The lowest BCUT2D eigenvalue weighted by Crippen LogP contribution is -2.38. The minimum atomic E-state index is 0.0556. The van der Waals surface area contributed by atoms with Crippen LogP contribution in [0.15, 0.2) is 65.7 Å². The van der Waals surface area contributed by atoms with Gasteiger partial charge in [0.05, 0.1) is 12.1 Å². The van der Waals surface area contributed by atoms with Gasteiger partial charge >= 0.3 is 0 Å². The van der Waals surface area contributed by atoms with Crippen LogP contribution in [0.2, 0.25) is 5.02 Å². The highest BCUT2D eigenvalue weighted by Crippen LogP contribution is 2.21. The Balaban J connectivity index is 1.51. The molecule has 6 heteroatoms. The van der Waals surface area contributed by atoms with Crippen LogP contribution in [0.3, 0.4) is 0 Å². The van der Waals surface area contributed by atoms with Crippen LogP contribution in [0.5, 0.6) is 0 Å². The molecule has 0 unspecified atom stereocenters. The van der Waals surface area contributed by atoms with Crippen molar-refractivity contribution in [3.63, 3.8) is 0 Å². The van der Waals surface area contributed by atoms with Crippen molar-refractivity contribution in [2.75, 3.05) is 6.54 Å². The largest absolute Gasteiger partial charge is 0.294 e. The van der Waals surface area contributed by atoms with E-state index in [0.29, 0.717) is 18.9 Å². The summed E-state index contributed by atoms with van der Waals surface area (Å²) in [5.41, 5.74) is 5.46. The fourth-order valence-electron chi connectivity index (χ4n) is 4.27. The zero-order valence-corrected chi connectivity index (χ0v) is 17.6. The van der Waals surface area contributed by atoms with Crippen molar-refractivity contribution in [1.29, 1.82) is 0 Å². The molecule has 0 N–H and O–H groups in total. The molecule has 30 heavy (non-hydrogen) atoms. The van der Waals surface area contributed by atoms with Crippen LogP contribution >= 0.6 is 11.6 Å². The van der Waals surface area contributed by atoms with E-state index in [1.54, 1.807) is 10.8 Å². The normalized spacial score (nSPS) is 14.2. The minimum absolute atomic E-state index is 0.0556. The highest BCUT2D eigenvalue weighted by Gasteiger charge is 2.24. The van der Waals surface area contributed by atoms with Crippen molar-refractivity contribution in [2.45, 2.75) is 33.0 Å². The molecule has 1 aliphatic rings. The summed E-state index contributed by atoms with van der Waals surface area (Å²) >= 11 is 6.15. The second-order valence-corrected chi connectivity index (χ2v) is 8.43. The monoisotopic (exact) mass is 418 g/mol. The minimum Gasteiger partial charge on any atom is -0.294 e. The zero-order chi connectivity index (χ0) is 20.7. The van der Waals surface area contributed by atoms with Gasteiger partial charge in [-0.15, -0.1) is 0 Å². The van der Waals surface area contributed by atoms with E-state index in [1.165, 1.54) is 5.56 Å². The maximum Gasteiger partial charge on any atom is 0.259 e. The fourth-order valence-corrected chi connectivity index (χ4v) is 4.49. The Bertz CT molecular complexity index is 1270. The molecule has 0 aliphatic carbocycles. The van der Waals surface area contributed by atoms with Crippen LogP contribution in [-0.2, 0) is 26.1 Å². The van der Waals surface area contributed by atoms with Gasteiger partial charge < -0.3 is 0 Å². The van der Waals surface area contributed by atoms with Crippen molar-refractivity contribution in [1.82, 2.24) is 18.9 Å². The van der Waals surface area contributed by atoms with Gasteiger partial charge in [0, 0.05) is 49.2 Å². The van der Waals surface area contributed by atoms with Gasteiger partial charge in [0.2, 0.25) is 5.78 Å². The number of aromatic nitrogens is 3. The van der Waals surface area contributed by atoms with Crippen molar-refractivity contribution in [3.8, 4) is 0 Å². The SMILES string of the molecule is Cc1ccc(Cn2c(=O)c3c(n4ccnc24)CCN(Cc2cccc(Cl)c2)C3)cc1. The molecule has 3 heterocycles. The molecule has 4 aromatic rings. The lowest BCUT2D eigenvalue weighted by Gasteiger charge is -2.29. The number of benzene rings is 2. The third-order valence-corrected chi connectivity index (χ3v) is 6.04. The van der Waals surface area contributed by atoms with Crippen molar-refractivity contribution in [2.24, 2.45) is 0 Å². The Hall–Kier alpha value is -2.89. The summed E-state index contributed by atoms with van der Waals surface area (Å²) in [4.78, 5) is 20.3. The number of aryl methyl sites for hydroxylation is 1. The fraction of sp³-hybridized carbons (Fsp3) is 0.250. The molecule has 0 bridgehead atoms. The van der Waals surface area contributed by atoms with E-state index < -0.39 is 0 Å². The van der Waals surface area contributed by atoms with E-state index in [-0.39, 0.29) is 5.56 Å². The molecule has 0 amide bonds. The summed E-state index contributed by atoms with van der Waals surface area (Å²) < 4.78 is 3.88. The van der Waals surface area contributed by atoms with Crippen molar-refractivity contribution >= 4 is 17.4 Å². The molecule has 0 fully saturated rings. The summed E-state index contributed by atoms with van der Waals surface area (Å²) in [5.74, 6) is 0.711. The number of hydrogen-bond donors (Lipinski definition) is 0. The molecule has 1 aliphatic heterocycles. The third-order valence-electron chi connectivity index (χ3n) is 5.81. The molecule has 0 spiro atoms. The van der Waals surface area contributed by atoms with Gasteiger partial charge in [-0.1, -0.05) is 53.6 Å². The van der Waals surface area contributed by atoms with E-state index in [4.69, 9.17) is 11.6 Å². The first-order valence-electron chi connectivity index (χ1n) is 10.2. The van der Waals surface area contributed by atoms with Crippen LogP contribution in [0.4, 0.5) is 0 Å². The molecular formula is C24H23ClN4O. The number of imidazole rings is 1. The first kappa shape index (κ1) is 19.1. The second kappa shape index (κ2) is 7.74. The molecule has 2 aromatic heterocycles. The number of fused-ring (bicyclic) bond motifs is 3. The molecule has 2 aromatic carbocycles. The van der Waals surface area contributed by atoms with Crippen LogP contribution in [0.1, 0.15) is 27.9 Å². The van der Waals surface area contributed by atoms with E-state index >= 15 is 0 Å². The summed E-state index contributed by atoms with van der Waals surface area (Å²) in [5, 5.41) is 0.741. The average molecular weight is 419 g/mol. The second-order valence-electron chi connectivity index (χ2n) is 7.99. The summed E-state index contributed by atoms with van der Waals surface area (Å²) in [6.45, 7) is 4.88. The number of nitrogens with zero attached hydrogens (tertiary/aromatic N) is 4. The van der Waals surface area contributed by atoms with Gasteiger partial charge in [-0.05, 0) is 30.2 Å². The van der Waals surface area contributed by atoms with E-state index in [2.05, 4.69) is 51.5 Å². The zero-order valence-electron chi connectivity index (χ0n) is 16.9. The Morgan fingerprint density at radius 2 is 1.90 bits per heavy atom. The summed E-state index contributed by atoms with van der Waals surface area (Å²) in [6, 6.07) is 16.2. The van der Waals surface area contributed by atoms with Gasteiger partial charge in [-0.3, -0.25) is 18.7 Å². The molecular weight excluding hydrogens is 396 g/mol. The molecule has 0 saturated heterocycles. The summed E-state index contributed by atoms with van der Waals surface area (Å²) in [7, 11) is 0. The van der Waals surface area contributed by atoms with Gasteiger partial charge in [-0.25, -0.2) is 4.98 Å². The first-order chi connectivity index (χ1) is 14.6.